The second kappa shape index (κ2) is 8.53. The third kappa shape index (κ3) is 4.08. The highest BCUT2D eigenvalue weighted by Crippen LogP contribution is 2.32. The average Bonchev–Trinajstić information content (AvgIpc) is 3.44. The van der Waals surface area contributed by atoms with Gasteiger partial charge in [-0.15, -0.1) is 0 Å². The molecule has 0 spiro atoms. The topological polar surface area (TPSA) is 116 Å². The Bertz CT molecular complexity index is 1470. The van der Waals surface area contributed by atoms with Crippen LogP contribution in [0.5, 0.6) is 0 Å². The fourth-order valence-corrected chi connectivity index (χ4v) is 6.51. The van der Waals surface area contributed by atoms with Crippen molar-refractivity contribution in [2.45, 2.75) is 57.9 Å². The Labute approximate surface area is 196 Å². The number of hydrogen-bond donors (Lipinski definition) is 0. The summed E-state index contributed by atoms with van der Waals surface area (Å²) in [5.41, 5.74) is 0.250. The molecule has 0 bridgehead atoms. The van der Waals surface area contributed by atoms with Gasteiger partial charge in [-0.25, -0.2) is 22.8 Å². The number of amides is 1. The van der Waals surface area contributed by atoms with Crippen molar-refractivity contribution in [1.82, 2.24) is 23.6 Å². The Morgan fingerprint density at radius 3 is 2.44 bits per heavy atom. The third-order valence-electron chi connectivity index (χ3n) is 6.63. The summed E-state index contributed by atoms with van der Waals surface area (Å²) in [6.45, 7) is 2.14. The number of carbonyl (C=O) groups is 1. The van der Waals surface area contributed by atoms with Crippen molar-refractivity contribution >= 4 is 26.9 Å². The van der Waals surface area contributed by atoms with E-state index in [-0.39, 0.29) is 35.3 Å². The van der Waals surface area contributed by atoms with Gasteiger partial charge in [0.2, 0.25) is 5.91 Å². The van der Waals surface area contributed by atoms with Crippen LogP contribution in [0, 0.1) is 0 Å². The minimum atomic E-state index is -3.18. The predicted octanol–water partition coefficient (Wildman–Crippen LogP) is 0.606. The van der Waals surface area contributed by atoms with Crippen LogP contribution in [-0.2, 0) is 34.3 Å². The minimum Gasteiger partial charge on any atom is -0.334 e. The molecule has 34 heavy (non-hydrogen) atoms. The first kappa shape index (κ1) is 22.6. The van der Waals surface area contributed by atoms with E-state index in [0.717, 1.165) is 23.0 Å². The van der Waals surface area contributed by atoms with Gasteiger partial charge in [-0.2, -0.15) is 0 Å². The molecule has 1 aliphatic carbocycles. The molecule has 1 amide bonds. The molecule has 1 saturated heterocycles. The summed E-state index contributed by atoms with van der Waals surface area (Å²) < 4.78 is 28.1. The lowest BCUT2D eigenvalue weighted by Crippen LogP contribution is -2.49. The van der Waals surface area contributed by atoms with Gasteiger partial charge in [-0.1, -0.05) is 30.3 Å². The zero-order chi connectivity index (χ0) is 24.0. The molecule has 5 rings (SSSR count). The molecule has 2 fully saturated rings. The Morgan fingerprint density at radius 2 is 1.82 bits per heavy atom. The summed E-state index contributed by atoms with van der Waals surface area (Å²) in [6, 6.07) is 8.93. The molecule has 180 valence electrons. The highest BCUT2D eigenvalue weighted by molar-refractivity contribution is 7.91. The van der Waals surface area contributed by atoms with Crippen LogP contribution in [0.15, 0.2) is 46.2 Å². The number of aromatic nitrogens is 4. The van der Waals surface area contributed by atoms with Gasteiger partial charge in [-0.3, -0.25) is 14.2 Å². The highest BCUT2D eigenvalue weighted by atomic mass is 32.2. The molecule has 0 N–H and O–H groups in total. The van der Waals surface area contributed by atoms with Gasteiger partial charge in [0.25, 0.3) is 5.56 Å². The van der Waals surface area contributed by atoms with Crippen LogP contribution in [0.2, 0.25) is 0 Å². The molecule has 2 aliphatic rings. The van der Waals surface area contributed by atoms with Gasteiger partial charge >= 0.3 is 5.69 Å². The van der Waals surface area contributed by atoms with Crippen molar-refractivity contribution in [2.75, 3.05) is 11.5 Å². The van der Waals surface area contributed by atoms with E-state index in [2.05, 4.69) is 4.98 Å². The number of fused-ring (bicyclic) bond motifs is 1. The van der Waals surface area contributed by atoms with Crippen molar-refractivity contribution in [3.63, 3.8) is 0 Å². The zero-order valence-electron chi connectivity index (χ0n) is 19.0. The average molecular weight is 486 g/mol. The number of sulfone groups is 1. The van der Waals surface area contributed by atoms with Crippen LogP contribution >= 0.6 is 0 Å². The first-order chi connectivity index (χ1) is 16.3. The molecule has 0 radical (unpaired) electrons. The quantitative estimate of drug-likeness (QED) is 0.484. The van der Waals surface area contributed by atoms with E-state index < -0.39 is 39.6 Å². The van der Waals surface area contributed by atoms with Gasteiger partial charge in [0.15, 0.2) is 21.0 Å². The standard InChI is InChI=1S/C23H27N5O5S/c1-2-25-15-24-21-20(25)22(30)27(23(31)26(21)12-16-6-4-3-5-7-16)13-19(29)28(17-8-9-17)18-10-11-34(32,33)14-18/h3-7,15,17-18H,2,8-14H2,1H3/t18-/m0/s1. The van der Waals surface area contributed by atoms with Crippen molar-refractivity contribution < 1.29 is 13.2 Å². The summed E-state index contributed by atoms with van der Waals surface area (Å²) in [4.78, 5) is 46.2. The van der Waals surface area contributed by atoms with Gasteiger partial charge in [0.1, 0.15) is 6.54 Å². The maximum Gasteiger partial charge on any atom is 0.333 e. The molecular formula is C23H27N5O5S. The molecule has 3 aromatic rings. The second-order valence-corrected chi connectivity index (χ2v) is 11.3. The Kier molecular flexibility index (Phi) is 5.67. The number of hydrogen-bond acceptors (Lipinski definition) is 6. The lowest BCUT2D eigenvalue weighted by Gasteiger charge is -2.28. The molecule has 3 heterocycles. The molecular weight excluding hydrogens is 458 g/mol. The molecule has 1 saturated carbocycles. The normalized spacial score (nSPS) is 19.5. The van der Waals surface area contributed by atoms with Crippen molar-refractivity contribution in [3.05, 3.63) is 63.1 Å². The number of imidazole rings is 1. The zero-order valence-corrected chi connectivity index (χ0v) is 19.8. The van der Waals surface area contributed by atoms with Crippen molar-refractivity contribution in [3.8, 4) is 0 Å². The SMILES string of the molecule is CCn1cnc2c1c(=O)n(CC(=O)N(C1CC1)[C@H]1CCS(=O)(=O)C1)c(=O)n2Cc1ccccc1. The summed E-state index contributed by atoms with van der Waals surface area (Å²) in [6.07, 6.45) is 3.52. The maximum atomic E-state index is 13.5. The van der Waals surface area contributed by atoms with E-state index in [1.165, 1.54) is 10.9 Å². The number of aryl methyl sites for hydroxylation is 1. The van der Waals surface area contributed by atoms with E-state index in [1.807, 2.05) is 37.3 Å². The largest absolute Gasteiger partial charge is 0.334 e. The lowest BCUT2D eigenvalue weighted by molar-refractivity contribution is -0.134. The Hall–Kier alpha value is -3.21. The summed E-state index contributed by atoms with van der Waals surface area (Å²) in [5.74, 6) is -0.402. The first-order valence-electron chi connectivity index (χ1n) is 11.5. The molecule has 1 atom stereocenters. The number of benzene rings is 1. The smallest absolute Gasteiger partial charge is 0.333 e. The van der Waals surface area contributed by atoms with Crippen LogP contribution in [0.1, 0.15) is 31.7 Å². The minimum absolute atomic E-state index is 0.0297. The Morgan fingerprint density at radius 1 is 1.09 bits per heavy atom. The van der Waals surface area contributed by atoms with Gasteiger partial charge in [-0.05, 0) is 31.7 Å². The van der Waals surface area contributed by atoms with Gasteiger partial charge < -0.3 is 9.47 Å². The summed E-state index contributed by atoms with van der Waals surface area (Å²) in [7, 11) is -3.18. The third-order valence-corrected chi connectivity index (χ3v) is 8.38. The molecule has 1 aliphatic heterocycles. The van der Waals surface area contributed by atoms with Crippen LogP contribution in [0.25, 0.3) is 11.2 Å². The van der Waals surface area contributed by atoms with Crippen molar-refractivity contribution in [1.29, 1.82) is 0 Å². The van der Waals surface area contributed by atoms with Gasteiger partial charge in [0.05, 0.1) is 24.4 Å². The first-order valence-corrected chi connectivity index (χ1v) is 13.3. The van der Waals surface area contributed by atoms with Crippen LogP contribution < -0.4 is 11.2 Å². The highest BCUT2D eigenvalue weighted by Gasteiger charge is 2.42. The van der Waals surface area contributed by atoms with Crippen LogP contribution in [0.3, 0.4) is 0 Å². The molecule has 10 nitrogen and oxygen atoms in total. The van der Waals surface area contributed by atoms with Crippen LogP contribution in [-0.4, -0.2) is 61.5 Å². The Balaban J connectivity index is 1.57. The fraction of sp³-hybridized carbons (Fsp3) is 0.478. The lowest BCUT2D eigenvalue weighted by atomic mass is 10.2. The molecule has 1 aromatic carbocycles. The molecule has 11 heteroatoms. The predicted molar refractivity (Wildman–Crippen MR) is 126 cm³/mol. The summed E-state index contributed by atoms with van der Waals surface area (Å²) in [5, 5.41) is 0. The van der Waals surface area contributed by atoms with E-state index in [4.69, 9.17) is 0 Å². The number of rotatable bonds is 7. The molecule has 0 unspecified atom stereocenters. The van der Waals surface area contributed by atoms with Gasteiger partial charge in [0, 0.05) is 18.6 Å². The second-order valence-electron chi connectivity index (χ2n) is 9.04. The molecule has 2 aromatic heterocycles. The van der Waals surface area contributed by atoms with E-state index in [9.17, 15) is 22.8 Å². The maximum absolute atomic E-state index is 13.5. The number of nitrogens with zero attached hydrogens (tertiary/aromatic N) is 5. The summed E-state index contributed by atoms with van der Waals surface area (Å²) >= 11 is 0. The van der Waals surface area contributed by atoms with E-state index in [0.29, 0.717) is 13.0 Å². The van der Waals surface area contributed by atoms with Crippen LogP contribution in [0.4, 0.5) is 0 Å². The van der Waals surface area contributed by atoms with E-state index >= 15 is 0 Å². The van der Waals surface area contributed by atoms with Crippen molar-refractivity contribution in [2.24, 2.45) is 0 Å². The number of carbonyl (C=O) groups excluding carboxylic acids is 1. The van der Waals surface area contributed by atoms with E-state index in [1.54, 1.807) is 9.47 Å². The fourth-order valence-electron chi connectivity index (χ4n) is 4.80. The monoisotopic (exact) mass is 485 g/mol.